The molecule has 1 amide bonds. The number of nitrogens with one attached hydrogen (secondary N) is 2. The normalized spacial score (nSPS) is 11.9. The van der Waals surface area contributed by atoms with Gasteiger partial charge in [-0.25, -0.2) is 0 Å². The Morgan fingerprint density at radius 1 is 1.17 bits per heavy atom. The van der Waals surface area contributed by atoms with Gasteiger partial charge in [0, 0.05) is 6.20 Å². The van der Waals surface area contributed by atoms with Crippen molar-refractivity contribution >= 4 is 11.6 Å². The van der Waals surface area contributed by atoms with Gasteiger partial charge in [0.2, 0.25) is 5.91 Å². The highest BCUT2D eigenvalue weighted by molar-refractivity contribution is 5.94. The Morgan fingerprint density at radius 2 is 1.96 bits per heavy atom. The quantitative estimate of drug-likeness (QED) is 0.675. The molecule has 0 saturated carbocycles. The summed E-state index contributed by atoms with van der Waals surface area (Å²) in [7, 11) is 0. The fourth-order valence-electron chi connectivity index (χ4n) is 2.26. The fraction of sp³-hybridized carbons (Fsp3) is 0.118. The number of pyridine rings is 1. The molecule has 2 heterocycles. The molecule has 0 radical (unpaired) electrons. The Labute approximate surface area is 133 Å². The molecule has 23 heavy (non-hydrogen) atoms. The maximum Gasteiger partial charge on any atom is 0.227 e. The molecule has 0 aliphatic carbocycles. The lowest BCUT2D eigenvalue weighted by molar-refractivity contribution is -0.118. The summed E-state index contributed by atoms with van der Waals surface area (Å²) in [5, 5.41) is 19.6. The molecule has 116 valence electrons. The third-order valence-corrected chi connectivity index (χ3v) is 3.40. The summed E-state index contributed by atoms with van der Waals surface area (Å²) in [5.74, 6) is -0.292. The van der Waals surface area contributed by atoms with Crippen LogP contribution >= 0.6 is 0 Å². The molecule has 0 saturated heterocycles. The SMILES string of the molecule is O=C(CC(O)c1ccccc1)Nc1cn[nH]c1-c1ccccn1. The van der Waals surface area contributed by atoms with Gasteiger partial charge in [-0.3, -0.25) is 14.9 Å². The smallest absolute Gasteiger partial charge is 0.227 e. The minimum Gasteiger partial charge on any atom is -0.388 e. The van der Waals surface area contributed by atoms with Crippen molar-refractivity contribution < 1.29 is 9.90 Å². The number of carbonyl (C=O) groups is 1. The lowest BCUT2D eigenvalue weighted by Crippen LogP contribution is -2.15. The van der Waals surface area contributed by atoms with Gasteiger partial charge < -0.3 is 10.4 Å². The maximum absolute atomic E-state index is 12.1. The minimum atomic E-state index is -0.846. The van der Waals surface area contributed by atoms with E-state index >= 15 is 0 Å². The first-order valence-corrected chi connectivity index (χ1v) is 7.21. The molecule has 0 fully saturated rings. The highest BCUT2D eigenvalue weighted by Gasteiger charge is 2.16. The van der Waals surface area contributed by atoms with Gasteiger partial charge in [-0.2, -0.15) is 5.10 Å². The number of benzene rings is 1. The molecular formula is C17H16N4O2. The Balaban J connectivity index is 1.69. The van der Waals surface area contributed by atoms with Crippen LogP contribution in [0.2, 0.25) is 0 Å². The van der Waals surface area contributed by atoms with E-state index < -0.39 is 6.10 Å². The maximum atomic E-state index is 12.1. The second-order valence-corrected chi connectivity index (χ2v) is 5.05. The van der Waals surface area contributed by atoms with E-state index in [9.17, 15) is 9.90 Å². The summed E-state index contributed by atoms with van der Waals surface area (Å²) in [6.07, 6.45) is 2.32. The van der Waals surface area contributed by atoms with Gasteiger partial charge in [0.15, 0.2) is 0 Å². The molecule has 2 aromatic heterocycles. The van der Waals surface area contributed by atoms with Crippen LogP contribution in [0.5, 0.6) is 0 Å². The average Bonchev–Trinajstić information content (AvgIpc) is 3.04. The Morgan fingerprint density at radius 3 is 2.70 bits per heavy atom. The van der Waals surface area contributed by atoms with E-state index in [4.69, 9.17) is 0 Å². The van der Waals surface area contributed by atoms with Crippen molar-refractivity contribution in [1.82, 2.24) is 15.2 Å². The molecular weight excluding hydrogens is 292 g/mol. The monoisotopic (exact) mass is 308 g/mol. The summed E-state index contributed by atoms with van der Waals surface area (Å²) in [4.78, 5) is 16.4. The van der Waals surface area contributed by atoms with E-state index in [2.05, 4.69) is 20.5 Å². The van der Waals surface area contributed by atoms with Gasteiger partial charge in [-0.15, -0.1) is 0 Å². The zero-order valence-electron chi connectivity index (χ0n) is 12.3. The van der Waals surface area contributed by atoms with Crippen molar-refractivity contribution in [2.24, 2.45) is 0 Å². The predicted molar refractivity (Wildman–Crippen MR) is 86.5 cm³/mol. The van der Waals surface area contributed by atoms with Crippen LogP contribution in [-0.2, 0) is 4.79 Å². The molecule has 0 spiro atoms. The number of rotatable bonds is 5. The third-order valence-electron chi connectivity index (χ3n) is 3.40. The molecule has 1 atom stereocenters. The molecule has 1 unspecified atom stereocenters. The number of H-pyrrole nitrogens is 1. The highest BCUT2D eigenvalue weighted by atomic mass is 16.3. The van der Waals surface area contributed by atoms with Crippen LogP contribution in [0.3, 0.4) is 0 Å². The summed E-state index contributed by atoms with van der Waals surface area (Å²) in [6.45, 7) is 0. The number of carbonyl (C=O) groups excluding carboxylic acids is 1. The lowest BCUT2D eigenvalue weighted by Gasteiger charge is -2.11. The number of anilines is 1. The highest BCUT2D eigenvalue weighted by Crippen LogP contribution is 2.24. The van der Waals surface area contributed by atoms with Crippen LogP contribution in [-0.4, -0.2) is 26.2 Å². The predicted octanol–water partition coefficient (Wildman–Crippen LogP) is 2.53. The van der Waals surface area contributed by atoms with Crippen LogP contribution in [0.1, 0.15) is 18.1 Å². The zero-order chi connectivity index (χ0) is 16.1. The molecule has 6 heteroatoms. The summed E-state index contributed by atoms with van der Waals surface area (Å²) in [6, 6.07) is 14.6. The first-order chi connectivity index (χ1) is 11.2. The summed E-state index contributed by atoms with van der Waals surface area (Å²) >= 11 is 0. The van der Waals surface area contributed by atoms with E-state index in [-0.39, 0.29) is 12.3 Å². The second kappa shape index (κ2) is 6.85. The molecule has 3 rings (SSSR count). The van der Waals surface area contributed by atoms with Crippen molar-refractivity contribution in [2.75, 3.05) is 5.32 Å². The van der Waals surface area contributed by atoms with Gasteiger partial charge in [0.05, 0.1) is 30.1 Å². The van der Waals surface area contributed by atoms with E-state index in [0.717, 1.165) is 0 Å². The van der Waals surface area contributed by atoms with Crippen molar-refractivity contribution in [3.05, 3.63) is 66.5 Å². The number of aliphatic hydroxyl groups is 1. The molecule has 0 bridgehead atoms. The first-order valence-electron chi connectivity index (χ1n) is 7.21. The van der Waals surface area contributed by atoms with Crippen LogP contribution < -0.4 is 5.32 Å². The molecule has 0 aliphatic heterocycles. The van der Waals surface area contributed by atoms with E-state index in [1.54, 1.807) is 18.3 Å². The average molecular weight is 308 g/mol. The Bertz CT molecular complexity index is 772. The number of hydrogen-bond donors (Lipinski definition) is 3. The standard InChI is InChI=1S/C17H16N4O2/c22-15(12-6-2-1-3-7-12)10-16(23)20-14-11-19-21-17(14)13-8-4-5-9-18-13/h1-9,11,15,22H,10H2,(H,19,21)(H,20,23). The van der Waals surface area contributed by atoms with Crippen LogP contribution in [0.25, 0.3) is 11.4 Å². The van der Waals surface area contributed by atoms with E-state index in [0.29, 0.717) is 22.6 Å². The van der Waals surface area contributed by atoms with Crippen molar-refractivity contribution in [3.8, 4) is 11.4 Å². The van der Waals surface area contributed by atoms with Crippen LogP contribution in [0.4, 0.5) is 5.69 Å². The Kier molecular flexibility index (Phi) is 4.44. The number of amides is 1. The fourth-order valence-corrected chi connectivity index (χ4v) is 2.26. The lowest BCUT2D eigenvalue weighted by atomic mass is 10.1. The summed E-state index contributed by atoms with van der Waals surface area (Å²) in [5.41, 5.74) is 2.56. The van der Waals surface area contributed by atoms with Gasteiger partial charge in [-0.05, 0) is 17.7 Å². The van der Waals surface area contributed by atoms with Crippen LogP contribution in [0, 0.1) is 0 Å². The molecule has 1 aromatic carbocycles. The van der Waals surface area contributed by atoms with E-state index in [1.807, 2.05) is 36.4 Å². The molecule has 3 aromatic rings. The van der Waals surface area contributed by atoms with Crippen molar-refractivity contribution in [3.63, 3.8) is 0 Å². The number of aromatic nitrogens is 3. The molecule has 6 nitrogen and oxygen atoms in total. The first kappa shape index (κ1) is 14.9. The number of aromatic amines is 1. The summed E-state index contributed by atoms with van der Waals surface area (Å²) < 4.78 is 0. The van der Waals surface area contributed by atoms with Gasteiger partial charge in [0.1, 0.15) is 5.69 Å². The zero-order valence-corrected chi connectivity index (χ0v) is 12.3. The van der Waals surface area contributed by atoms with Gasteiger partial charge >= 0.3 is 0 Å². The largest absolute Gasteiger partial charge is 0.388 e. The number of aliphatic hydroxyl groups excluding tert-OH is 1. The Hall–Kier alpha value is -2.99. The van der Waals surface area contributed by atoms with Crippen LogP contribution in [0.15, 0.2) is 60.9 Å². The molecule has 0 aliphatic rings. The number of hydrogen-bond acceptors (Lipinski definition) is 4. The third kappa shape index (κ3) is 3.61. The van der Waals surface area contributed by atoms with Gasteiger partial charge in [-0.1, -0.05) is 36.4 Å². The minimum absolute atomic E-state index is 0.0309. The van der Waals surface area contributed by atoms with Gasteiger partial charge in [0.25, 0.3) is 0 Å². The topological polar surface area (TPSA) is 90.9 Å². The van der Waals surface area contributed by atoms with E-state index in [1.165, 1.54) is 6.20 Å². The molecule has 3 N–H and O–H groups in total. The second-order valence-electron chi connectivity index (χ2n) is 5.05. The number of nitrogens with zero attached hydrogens (tertiary/aromatic N) is 2. The van der Waals surface area contributed by atoms with Crippen molar-refractivity contribution in [1.29, 1.82) is 0 Å². The van der Waals surface area contributed by atoms with Crippen molar-refractivity contribution in [2.45, 2.75) is 12.5 Å².